The van der Waals surface area contributed by atoms with Crippen LogP contribution in [0.25, 0.3) is 5.65 Å². The smallest absolute Gasteiger partial charge is 0.218 e. The summed E-state index contributed by atoms with van der Waals surface area (Å²) in [5.74, 6) is 1.17. The first-order chi connectivity index (χ1) is 10.3. The van der Waals surface area contributed by atoms with Crippen LogP contribution in [0, 0.1) is 6.92 Å². The molecule has 3 rings (SSSR count). The van der Waals surface area contributed by atoms with E-state index in [1.54, 1.807) is 11.6 Å². The van der Waals surface area contributed by atoms with Crippen molar-refractivity contribution in [2.45, 2.75) is 25.7 Å². The van der Waals surface area contributed by atoms with Crippen molar-refractivity contribution in [2.75, 3.05) is 33.5 Å². The molecule has 6 heteroatoms. The highest BCUT2D eigenvalue weighted by molar-refractivity contribution is 5.44. The topological polar surface area (TPSA) is 57.9 Å². The van der Waals surface area contributed by atoms with E-state index in [0.29, 0.717) is 25.0 Å². The first kappa shape index (κ1) is 14.3. The predicted molar refractivity (Wildman–Crippen MR) is 77.9 cm³/mol. The summed E-state index contributed by atoms with van der Waals surface area (Å²) in [5, 5.41) is 4.69. The van der Waals surface area contributed by atoms with E-state index in [2.05, 4.69) is 16.1 Å². The van der Waals surface area contributed by atoms with Gasteiger partial charge in [0.2, 0.25) is 5.88 Å². The van der Waals surface area contributed by atoms with Crippen LogP contribution in [0.4, 0.5) is 0 Å². The number of aromatic nitrogens is 3. The first-order valence-electron chi connectivity index (χ1n) is 7.34. The third-order valence-corrected chi connectivity index (χ3v) is 3.72. The van der Waals surface area contributed by atoms with Gasteiger partial charge in [-0.05, 0) is 19.8 Å². The standard InChI is InChI=1S/C15H21N3O3/c1-11-9-15(21-8-7-19-2)18-14(16-11)10-13(17-18)12-3-5-20-6-4-12/h9-10,12H,3-8H2,1-2H3. The number of hydrogen-bond donors (Lipinski definition) is 0. The van der Waals surface area contributed by atoms with E-state index in [1.807, 2.05) is 13.0 Å². The molecule has 0 unspecified atom stereocenters. The lowest BCUT2D eigenvalue weighted by Gasteiger charge is -2.19. The minimum Gasteiger partial charge on any atom is -0.475 e. The Hall–Kier alpha value is -1.66. The highest BCUT2D eigenvalue weighted by atomic mass is 16.5. The van der Waals surface area contributed by atoms with E-state index in [4.69, 9.17) is 14.2 Å². The molecule has 6 nitrogen and oxygen atoms in total. The van der Waals surface area contributed by atoms with Gasteiger partial charge in [0.15, 0.2) is 5.65 Å². The summed E-state index contributed by atoms with van der Waals surface area (Å²) in [5.41, 5.74) is 2.84. The van der Waals surface area contributed by atoms with Gasteiger partial charge in [0, 0.05) is 44.1 Å². The average molecular weight is 291 g/mol. The molecular formula is C15H21N3O3. The zero-order valence-corrected chi connectivity index (χ0v) is 12.5. The second-order valence-corrected chi connectivity index (χ2v) is 5.30. The average Bonchev–Trinajstić information content (AvgIpc) is 2.92. The number of nitrogens with zero attached hydrogens (tertiary/aromatic N) is 3. The van der Waals surface area contributed by atoms with Crippen LogP contribution < -0.4 is 4.74 Å². The van der Waals surface area contributed by atoms with Crippen molar-refractivity contribution >= 4 is 5.65 Å². The zero-order chi connectivity index (χ0) is 14.7. The van der Waals surface area contributed by atoms with E-state index < -0.39 is 0 Å². The monoisotopic (exact) mass is 291 g/mol. The zero-order valence-electron chi connectivity index (χ0n) is 12.5. The fourth-order valence-corrected chi connectivity index (χ4v) is 2.61. The van der Waals surface area contributed by atoms with Crippen LogP contribution in [0.1, 0.15) is 30.1 Å². The molecular weight excluding hydrogens is 270 g/mol. The molecule has 1 saturated heterocycles. The van der Waals surface area contributed by atoms with E-state index in [1.165, 1.54) is 0 Å². The molecule has 0 atom stereocenters. The van der Waals surface area contributed by atoms with Crippen molar-refractivity contribution < 1.29 is 14.2 Å². The van der Waals surface area contributed by atoms with Gasteiger partial charge in [0.1, 0.15) is 6.61 Å². The van der Waals surface area contributed by atoms with Crippen molar-refractivity contribution in [3.63, 3.8) is 0 Å². The van der Waals surface area contributed by atoms with E-state index >= 15 is 0 Å². The predicted octanol–water partition coefficient (Wildman–Crippen LogP) is 1.96. The van der Waals surface area contributed by atoms with Gasteiger partial charge < -0.3 is 14.2 Å². The molecule has 21 heavy (non-hydrogen) atoms. The molecule has 0 amide bonds. The third kappa shape index (κ3) is 3.16. The molecule has 3 heterocycles. The summed E-state index contributed by atoms with van der Waals surface area (Å²) in [6.45, 7) is 4.63. The van der Waals surface area contributed by atoms with Crippen molar-refractivity contribution in [3.8, 4) is 5.88 Å². The lowest BCUT2D eigenvalue weighted by atomic mass is 9.97. The van der Waals surface area contributed by atoms with Crippen LogP contribution in [0.5, 0.6) is 5.88 Å². The van der Waals surface area contributed by atoms with Gasteiger partial charge in [0.05, 0.1) is 12.3 Å². The number of rotatable bonds is 5. The quantitative estimate of drug-likeness (QED) is 0.788. The Morgan fingerprint density at radius 1 is 1.29 bits per heavy atom. The van der Waals surface area contributed by atoms with Gasteiger partial charge in [-0.25, -0.2) is 4.98 Å². The molecule has 0 N–H and O–H groups in total. The molecule has 0 radical (unpaired) electrons. The number of fused-ring (bicyclic) bond motifs is 1. The Balaban J connectivity index is 1.89. The number of aryl methyl sites for hydroxylation is 1. The van der Waals surface area contributed by atoms with Gasteiger partial charge in [-0.1, -0.05) is 0 Å². The molecule has 0 spiro atoms. The van der Waals surface area contributed by atoms with Crippen molar-refractivity contribution in [1.82, 2.24) is 14.6 Å². The lowest BCUT2D eigenvalue weighted by Crippen LogP contribution is -2.14. The van der Waals surface area contributed by atoms with E-state index in [0.717, 1.165) is 43.1 Å². The van der Waals surface area contributed by atoms with E-state index in [-0.39, 0.29) is 0 Å². The summed E-state index contributed by atoms with van der Waals surface area (Å²) in [7, 11) is 1.66. The van der Waals surface area contributed by atoms with Crippen molar-refractivity contribution in [3.05, 3.63) is 23.5 Å². The van der Waals surface area contributed by atoms with Crippen LogP contribution in [0.3, 0.4) is 0 Å². The Bertz CT molecular complexity index is 605. The van der Waals surface area contributed by atoms with Crippen LogP contribution in [0.2, 0.25) is 0 Å². The maximum absolute atomic E-state index is 5.75. The molecule has 1 aliphatic heterocycles. The molecule has 2 aromatic heterocycles. The Labute approximate surface area is 124 Å². The maximum atomic E-state index is 5.75. The number of hydrogen-bond acceptors (Lipinski definition) is 5. The van der Waals surface area contributed by atoms with Crippen LogP contribution in [-0.2, 0) is 9.47 Å². The maximum Gasteiger partial charge on any atom is 0.218 e. The highest BCUT2D eigenvalue weighted by Crippen LogP contribution is 2.27. The molecule has 0 bridgehead atoms. The van der Waals surface area contributed by atoms with Crippen molar-refractivity contribution in [2.24, 2.45) is 0 Å². The molecule has 1 fully saturated rings. The van der Waals surface area contributed by atoms with Crippen molar-refractivity contribution in [1.29, 1.82) is 0 Å². The van der Waals surface area contributed by atoms with Gasteiger partial charge in [-0.3, -0.25) is 0 Å². The molecule has 2 aromatic rings. The summed E-state index contributed by atoms with van der Waals surface area (Å²) < 4.78 is 18.0. The van der Waals surface area contributed by atoms with Gasteiger partial charge in [0.25, 0.3) is 0 Å². The number of ether oxygens (including phenoxy) is 3. The van der Waals surface area contributed by atoms with E-state index in [9.17, 15) is 0 Å². The molecule has 0 saturated carbocycles. The molecule has 0 aromatic carbocycles. The van der Waals surface area contributed by atoms with Crippen LogP contribution in [-0.4, -0.2) is 48.1 Å². The summed E-state index contributed by atoms with van der Waals surface area (Å²) in [6, 6.07) is 3.97. The Kier molecular flexibility index (Phi) is 4.36. The first-order valence-corrected chi connectivity index (χ1v) is 7.34. The van der Waals surface area contributed by atoms with Gasteiger partial charge in [-0.2, -0.15) is 9.61 Å². The minimum absolute atomic E-state index is 0.451. The number of methoxy groups -OCH3 is 1. The van der Waals surface area contributed by atoms with Gasteiger partial charge >= 0.3 is 0 Å². The fourth-order valence-electron chi connectivity index (χ4n) is 2.61. The highest BCUT2D eigenvalue weighted by Gasteiger charge is 2.20. The SMILES string of the molecule is COCCOc1cc(C)nc2cc(C3CCOCC3)nn12. The largest absolute Gasteiger partial charge is 0.475 e. The molecule has 0 aliphatic carbocycles. The van der Waals surface area contributed by atoms with Crippen LogP contribution >= 0.6 is 0 Å². The van der Waals surface area contributed by atoms with Crippen LogP contribution in [0.15, 0.2) is 12.1 Å². The normalized spacial score (nSPS) is 16.5. The minimum atomic E-state index is 0.451. The van der Waals surface area contributed by atoms with Gasteiger partial charge in [-0.15, -0.1) is 0 Å². The third-order valence-electron chi connectivity index (χ3n) is 3.72. The summed E-state index contributed by atoms with van der Waals surface area (Å²) in [4.78, 5) is 4.54. The summed E-state index contributed by atoms with van der Waals surface area (Å²) >= 11 is 0. The summed E-state index contributed by atoms with van der Waals surface area (Å²) in [6.07, 6.45) is 2.03. The molecule has 1 aliphatic rings. The molecule has 114 valence electrons. The fraction of sp³-hybridized carbons (Fsp3) is 0.600. The Morgan fingerprint density at radius 3 is 2.86 bits per heavy atom. The Morgan fingerprint density at radius 2 is 2.10 bits per heavy atom. The second kappa shape index (κ2) is 6.41. The lowest BCUT2D eigenvalue weighted by molar-refractivity contribution is 0.0844. The second-order valence-electron chi connectivity index (χ2n) is 5.30.